The maximum Gasteiger partial charge on any atom is 0.209 e. The van der Waals surface area contributed by atoms with E-state index >= 15 is 0 Å². The van der Waals surface area contributed by atoms with E-state index in [1.807, 2.05) is 18.2 Å². The predicted molar refractivity (Wildman–Crippen MR) is 54.8 cm³/mol. The Balaban J connectivity index is 2.20. The second kappa shape index (κ2) is 3.63. The molecule has 6 heteroatoms. The highest BCUT2D eigenvalue weighted by Crippen LogP contribution is 2.15. The molecule has 0 aromatic carbocycles. The van der Waals surface area contributed by atoms with E-state index in [1.165, 1.54) is 11.3 Å². The summed E-state index contributed by atoms with van der Waals surface area (Å²) in [7, 11) is 0. The standard InChI is InChI=1S/C7H6N4S2/c12-7-11-10-6(13-7)9-5-3-1-2-4-8-5/h1-4H,(H,11,12)(H,8,9,10). The Morgan fingerprint density at radius 2 is 2.38 bits per heavy atom. The molecule has 0 aliphatic heterocycles. The smallest absolute Gasteiger partial charge is 0.209 e. The van der Waals surface area contributed by atoms with Crippen molar-refractivity contribution in [2.45, 2.75) is 0 Å². The Bertz CT molecular complexity index is 433. The van der Waals surface area contributed by atoms with Crippen molar-refractivity contribution in [3.8, 4) is 0 Å². The quantitative estimate of drug-likeness (QED) is 0.747. The van der Waals surface area contributed by atoms with Gasteiger partial charge in [0.1, 0.15) is 5.82 Å². The van der Waals surface area contributed by atoms with E-state index in [9.17, 15) is 0 Å². The Labute approximate surface area is 83.7 Å². The van der Waals surface area contributed by atoms with Crippen molar-refractivity contribution in [2.75, 3.05) is 5.32 Å². The molecule has 2 N–H and O–H groups in total. The lowest BCUT2D eigenvalue weighted by Crippen LogP contribution is -1.91. The topological polar surface area (TPSA) is 53.6 Å². The molecule has 0 aliphatic rings. The van der Waals surface area contributed by atoms with Crippen LogP contribution < -0.4 is 5.32 Å². The van der Waals surface area contributed by atoms with Gasteiger partial charge in [0.25, 0.3) is 0 Å². The van der Waals surface area contributed by atoms with E-state index in [1.54, 1.807) is 6.20 Å². The molecule has 2 aromatic heterocycles. The first-order valence-corrected chi connectivity index (χ1v) is 4.80. The first-order chi connectivity index (χ1) is 6.34. The SMILES string of the molecule is S=c1[nH]nc(Nc2ccccn2)s1. The molecule has 13 heavy (non-hydrogen) atoms. The van der Waals surface area contributed by atoms with Crippen LogP contribution in [-0.4, -0.2) is 15.2 Å². The lowest BCUT2D eigenvalue weighted by molar-refractivity contribution is 1.08. The first kappa shape index (κ1) is 8.33. The fourth-order valence-electron chi connectivity index (χ4n) is 0.830. The van der Waals surface area contributed by atoms with Crippen LogP contribution >= 0.6 is 23.6 Å². The number of aromatic nitrogens is 3. The number of hydrogen-bond acceptors (Lipinski definition) is 5. The maximum atomic E-state index is 4.89. The van der Waals surface area contributed by atoms with Gasteiger partial charge < -0.3 is 5.32 Å². The van der Waals surface area contributed by atoms with E-state index in [2.05, 4.69) is 20.5 Å². The zero-order valence-corrected chi connectivity index (χ0v) is 8.15. The van der Waals surface area contributed by atoms with Gasteiger partial charge >= 0.3 is 0 Å². The summed E-state index contributed by atoms with van der Waals surface area (Å²) in [5.41, 5.74) is 0. The van der Waals surface area contributed by atoms with Crippen molar-refractivity contribution < 1.29 is 0 Å². The molecular formula is C7H6N4S2. The lowest BCUT2D eigenvalue weighted by Gasteiger charge is -1.97. The minimum absolute atomic E-state index is 0.651. The Kier molecular flexibility index (Phi) is 2.33. The van der Waals surface area contributed by atoms with Gasteiger partial charge in [-0.2, -0.15) is 0 Å². The number of anilines is 2. The molecule has 0 spiro atoms. The van der Waals surface area contributed by atoms with Crippen LogP contribution in [0.5, 0.6) is 0 Å². The van der Waals surface area contributed by atoms with Crippen molar-refractivity contribution >= 4 is 34.5 Å². The summed E-state index contributed by atoms with van der Waals surface area (Å²) in [6, 6.07) is 5.63. The average Bonchev–Trinajstić information content (AvgIpc) is 2.53. The summed E-state index contributed by atoms with van der Waals surface area (Å²) in [6.07, 6.45) is 1.72. The summed E-state index contributed by atoms with van der Waals surface area (Å²) >= 11 is 6.27. The summed E-state index contributed by atoms with van der Waals surface area (Å²) in [4.78, 5) is 4.09. The second-order valence-electron chi connectivity index (χ2n) is 2.26. The number of nitrogens with zero attached hydrogens (tertiary/aromatic N) is 2. The predicted octanol–water partition coefficient (Wildman–Crippen LogP) is 2.34. The number of nitrogens with one attached hydrogen (secondary N) is 2. The number of pyridine rings is 1. The van der Waals surface area contributed by atoms with Crippen LogP contribution in [0.25, 0.3) is 0 Å². The Hall–Kier alpha value is -1.27. The third-order valence-corrected chi connectivity index (χ3v) is 2.34. The van der Waals surface area contributed by atoms with Gasteiger partial charge in [0.15, 0.2) is 3.95 Å². The molecule has 66 valence electrons. The van der Waals surface area contributed by atoms with Gasteiger partial charge in [-0.1, -0.05) is 17.4 Å². The van der Waals surface area contributed by atoms with E-state index in [4.69, 9.17) is 12.2 Å². The van der Waals surface area contributed by atoms with E-state index in [0.717, 1.165) is 10.9 Å². The lowest BCUT2D eigenvalue weighted by atomic mass is 10.5. The molecule has 0 radical (unpaired) electrons. The molecule has 0 saturated carbocycles. The highest BCUT2D eigenvalue weighted by atomic mass is 32.1. The van der Waals surface area contributed by atoms with Crippen molar-refractivity contribution in [2.24, 2.45) is 0 Å². The average molecular weight is 210 g/mol. The number of hydrogen-bond donors (Lipinski definition) is 2. The van der Waals surface area contributed by atoms with Gasteiger partial charge in [0, 0.05) is 6.20 Å². The van der Waals surface area contributed by atoms with E-state index in [-0.39, 0.29) is 0 Å². The molecule has 4 nitrogen and oxygen atoms in total. The van der Waals surface area contributed by atoms with Crippen LogP contribution in [0.1, 0.15) is 0 Å². The molecule has 2 rings (SSSR count). The molecule has 0 amide bonds. The first-order valence-electron chi connectivity index (χ1n) is 3.58. The summed E-state index contributed by atoms with van der Waals surface area (Å²) < 4.78 is 0.651. The van der Waals surface area contributed by atoms with Crippen molar-refractivity contribution in [3.63, 3.8) is 0 Å². The fraction of sp³-hybridized carbons (Fsp3) is 0. The number of H-pyrrole nitrogens is 1. The highest BCUT2D eigenvalue weighted by Gasteiger charge is 1.97. The third-order valence-electron chi connectivity index (χ3n) is 1.34. The Morgan fingerprint density at radius 3 is 3.00 bits per heavy atom. The molecule has 0 unspecified atom stereocenters. The van der Waals surface area contributed by atoms with Gasteiger partial charge in [0.05, 0.1) is 0 Å². The maximum absolute atomic E-state index is 4.89. The van der Waals surface area contributed by atoms with Gasteiger partial charge in [-0.15, -0.1) is 5.10 Å². The summed E-state index contributed by atoms with van der Waals surface area (Å²) in [5.74, 6) is 0.764. The minimum Gasteiger partial charge on any atom is -0.315 e. The number of aromatic amines is 1. The van der Waals surface area contributed by atoms with Gasteiger partial charge in [0.2, 0.25) is 5.13 Å². The van der Waals surface area contributed by atoms with Gasteiger partial charge in [-0.25, -0.2) is 4.98 Å². The molecule has 2 aromatic rings. The molecular weight excluding hydrogens is 204 g/mol. The van der Waals surface area contributed by atoms with Crippen LogP contribution in [0.15, 0.2) is 24.4 Å². The van der Waals surface area contributed by atoms with Crippen LogP contribution in [0, 0.1) is 3.95 Å². The van der Waals surface area contributed by atoms with Crippen LogP contribution in [-0.2, 0) is 0 Å². The molecule has 0 fully saturated rings. The van der Waals surface area contributed by atoms with E-state index < -0.39 is 0 Å². The van der Waals surface area contributed by atoms with Crippen molar-refractivity contribution in [1.29, 1.82) is 0 Å². The Morgan fingerprint density at radius 1 is 1.46 bits per heavy atom. The molecule has 0 saturated heterocycles. The number of rotatable bonds is 2. The zero-order chi connectivity index (χ0) is 9.10. The highest BCUT2D eigenvalue weighted by molar-refractivity contribution is 7.73. The molecule has 0 bridgehead atoms. The van der Waals surface area contributed by atoms with Crippen LogP contribution in [0.3, 0.4) is 0 Å². The minimum atomic E-state index is 0.651. The third kappa shape index (κ3) is 2.10. The second-order valence-corrected chi connectivity index (χ2v) is 3.92. The fourth-order valence-corrected chi connectivity index (χ4v) is 1.63. The van der Waals surface area contributed by atoms with Crippen molar-refractivity contribution in [1.82, 2.24) is 15.2 Å². The summed E-state index contributed by atoms with van der Waals surface area (Å²) in [5, 5.41) is 10.4. The van der Waals surface area contributed by atoms with Gasteiger partial charge in [-0.3, -0.25) is 5.10 Å². The summed E-state index contributed by atoms with van der Waals surface area (Å²) in [6.45, 7) is 0. The molecule has 2 heterocycles. The van der Waals surface area contributed by atoms with Crippen LogP contribution in [0.4, 0.5) is 10.9 Å². The van der Waals surface area contributed by atoms with Crippen molar-refractivity contribution in [3.05, 3.63) is 28.4 Å². The normalized spacial score (nSPS) is 9.85. The van der Waals surface area contributed by atoms with Crippen LogP contribution in [0.2, 0.25) is 0 Å². The van der Waals surface area contributed by atoms with Gasteiger partial charge in [-0.05, 0) is 24.4 Å². The zero-order valence-electron chi connectivity index (χ0n) is 6.52. The van der Waals surface area contributed by atoms with E-state index in [0.29, 0.717) is 3.95 Å². The molecule has 0 atom stereocenters. The monoisotopic (exact) mass is 210 g/mol. The largest absolute Gasteiger partial charge is 0.315 e. The molecule has 0 aliphatic carbocycles.